The van der Waals surface area contributed by atoms with E-state index in [1.54, 1.807) is 0 Å². The molecule has 13 nitrogen and oxygen atoms in total. The average molecular weight is 559 g/mol. The lowest BCUT2D eigenvalue weighted by atomic mass is 10.1. The van der Waals surface area contributed by atoms with Crippen molar-refractivity contribution in [2.45, 2.75) is 9.79 Å². The number of phenolic OH excluding ortho intramolecular Hbond substituents is 1. The van der Waals surface area contributed by atoms with Crippen molar-refractivity contribution in [1.29, 1.82) is 0 Å². The van der Waals surface area contributed by atoms with E-state index in [0.717, 1.165) is 12.1 Å². The van der Waals surface area contributed by atoms with Gasteiger partial charge in [0.2, 0.25) is 0 Å². The normalized spacial score (nSPS) is 12.2. The number of hydrogen-bond donors (Lipinski definition) is 6. The van der Waals surface area contributed by atoms with Crippen molar-refractivity contribution in [3.63, 3.8) is 0 Å². The zero-order chi connectivity index (χ0) is 27.8. The molecule has 4 rings (SSSR count). The molecule has 0 aliphatic rings. The minimum Gasteiger partial charge on any atom is -0.505 e. The van der Waals surface area contributed by atoms with E-state index in [1.807, 2.05) is 0 Å². The molecule has 15 heteroatoms. The van der Waals surface area contributed by atoms with Crippen LogP contribution >= 0.6 is 0 Å². The fourth-order valence-electron chi connectivity index (χ4n) is 3.68. The maximum Gasteiger partial charge on any atom is 0.337 e. The number of benzene rings is 4. The van der Waals surface area contributed by atoms with Gasteiger partial charge in [-0.25, -0.2) is 4.79 Å². The van der Waals surface area contributed by atoms with Crippen LogP contribution in [0.4, 0.5) is 28.4 Å². The van der Waals surface area contributed by atoms with Crippen LogP contribution in [0.25, 0.3) is 10.8 Å². The van der Waals surface area contributed by atoms with Crippen LogP contribution in [0, 0.1) is 0 Å². The van der Waals surface area contributed by atoms with Crippen molar-refractivity contribution < 1.29 is 40.9 Å². The third-order valence-corrected chi connectivity index (χ3v) is 7.15. The van der Waals surface area contributed by atoms with Crippen LogP contribution in [0.15, 0.2) is 86.7 Å². The van der Waals surface area contributed by atoms with Gasteiger partial charge in [0, 0.05) is 16.5 Å². The second-order valence-electron chi connectivity index (χ2n) is 7.80. The van der Waals surface area contributed by atoms with Crippen LogP contribution in [0.1, 0.15) is 10.4 Å². The van der Waals surface area contributed by atoms with Gasteiger partial charge in [0.25, 0.3) is 20.2 Å². The number of carboxylic acids is 1. The van der Waals surface area contributed by atoms with Crippen LogP contribution < -0.4 is 11.1 Å². The van der Waals surface area contributed by atoms with Crippen LogP contribution in [-0.2, 0) is 20.2 Å². The van der Waals surface area contributed by atoms with Gasteiger partial charge >= 0.3 is 5.97 Å². The molecule has 0 unspecified atom stereocenters. The number of nitrogen functional groups attached to an aromatic ring is 1. The number of nitrogens with zero attached hydrogens (tertiary/aromatic N) is 2. The summed E-state index contributed by atoms with van der Waals surface area (Å²) in [6.45, 7) is 0. The Morgan fingerprint density at radius 2 is 1.47 bits per heavy atom. The van der Waals surface area contributed by atoms with Gasteiger partial charge in [-0.2, -0.15) is 16.8 Å². The van der Waals surface area contributed by atoms with Crippen molar-refractivity contribution in [1.82, 2.24) is 0 Å². The van der Waals surface area contributed by atoms with Crippen LogP contribution in [0.2, 0.25) is 0 Å². The molecule has 0 aliphatic carbocycles. The molecule has 0 saturated heterocycles. The Morgan fingerprint density at radius 3 is 2.11 bits per heavy atom. The molecule has 0 spiro atoms. The molecular formula is C23H18N4O9S2. The lowest BCUT2D eigenvalue weighted by molar-refractivity contribution is 0.0697. The third kappa shape index (κ3) is 5.12. The maximum atomic E-state index is 12.6. The monoisotopic (exact) mass is 558 g/mol. The van der Waals surface area contributed by atoms with Crippen LogP contribution in [0.3, 0.4) is 0 Å². The van der Waals surface area contributed by atoms with Crippen molar-refractivity contribution in [2.75, 3.05) is 11.1 Å². The van der Waals surface area contributed by atoms with Crippen molar-refractivity contribution in [3.8, 4) is 5.75 Å². The van der Waals surface area contributed by atoms with Crippen LogP contribution in [0.5, 0.6) is 5.75 Å². The number of carboxylic acid groups (broad SMARTS) is 1. The summed E-state index contributed by atoms with van der Waals surface area (Å²) in [7, 11) is -9.91. The molecule has 0 saturated carbocycles. The van der Waals surface area contributed by atoms with Crippen molar-refractivity contribution in [3.05, 3.63) is 72.3 Å². The van der Waals surface area contributed by atoms with E-state index in [9.17, 15) is 40.9 Å². The lowest BCUT2D eigenvalue weighted by Gasteiger charge is -2.17. The number of carbonyl (C=O) groups is 1. The zero-order valence-electron chi connectivity index (χ0n) is 19.0. The Morgan fingerprint density at radius 1 is 0.842 bits per heavy atom. The summed E-state index contributed by atoms with van der Waals surface area (Å²) in [5, 5.41) is 30.7. The first-order valence-electron chi connectivity index (χ1n) is 10.4. The predicted octanol–water partition coefficient (Wildman–Crippen LogP) is 4.48. The molecule has 0 atom stereocenters. The van der Waals surface area contributed by atoms with Gasteiger partial charge in [0.05, 0.1) is 16.9 Å². The van der Waals surface area contributed by atoms with Gasteiger partial charge < -0.3 is 21.3 Å². The minimum atomic E-state index is -5.16. The highest BCUT2D eigenvalue weighted by molar-refractivity contribution is 7.86. The standard InChI is InChI=1S/C23H18N4O9S2/c24-16-10-9-12(11-18(16)37(31,32)33)25-19-13-5-1-2-6-14(13)21(28)20(22(19)38(34,35)36)27-26-17-8-4-3-7-15(17)23(29)30/h1-11,25,28H,24H2,(H,29,30)(H,31,32,33)(H,34,35,36). The molecule has 7 N–H and O–H groups in total. The number of nitrogens with one attached hydrogen (secondary N) is 1. The average Bonchev–Trinajstić information content (AvgIpc) is 2.84. The smallest absolute Gasteiger partial charge is 0.337 e. The fourth-order valence-corrected chi connectivity index (χ4v) is 5.12. The van der Waals surface area contributed by atoms with E-state index in [4.69, 9.17) is 5.73 Å². The Bertz CT molecular complexity index is 1850. The molecule has 4 aromatic rings. The number of rotatable bonds is 7. The molecule has 4 aromatic carbocycles. The number of nitrogens with two attached hydrogens (primary N) is 1. The van der Waals surface area contributed by atoms with E-state index < -0.39 is 47.4 Å². The summed E-state index contributed by atoms with van der Waals surface area (Å²) in [6, 6.07) is 14.7. The summed E-state index contributed by atoms with van der Waals surface area (Å²) < 4.78 is 68.2. The topological polar surface area (TPSA) is 229 Å². The number of aromatic carboxylic acids is 1. The van der Waals surface area contributed by atoms with Gasteiger partial charge in [0.15, 0.2) is 11.4 Å². The van der Waals surface area contributed by atoms with Gasteiger partial charge in [-0.1, -0.05) is 36.4 Å². The Balaban J connectivity index is 2.02. The third-order valence-electron chi connectivity index (χ3n) is 5.33. The maximum absolute atomic E-state index is 12.6. The largest absolute Gasteiger partial charge is 0.505 e. The molecule has 0 bridgehead atoms. The van der Waals surface area contributed by atoms with E-state index in [2.05, 4.69) is 15.5 Å². The van der Waals surface area contributed by atoms with Gasteiger partial charge in [0.1, 0.15) is 15.5 Å². The number of hydrogen-bond acceptors (Lipinski definition) is 10. The van der Waals surface area contributed by atoms with Crippen molar-refractivity contribution in [2.24, 2.45) is 10.2 Å². The molecule has 0 aromatic heterocycles. The second-order valence-corrected chi connectivity index (χ2v) is 10.5. The molecule has 38 heavy (non-hydrogen) atoms. The molecule has 0 heterocycles. The summed E-state index contributed by atoms with van der Waals surface area (Å²) in [5.41, 5.74) is 3.80. The number of anilines is 3. The van der Waals surface area contributed by atoms with E-state index in [1.165, 1.54) is 54.6 Å². The highest BCUT2D eigenvalue weighted by Crippen LogP contribution is 2.48. The zero-order valence-corrected chi connectivity index (χ0v) is 20.6. The summed E-state index contributed by atoms with van der Waals surface area (Å²) in [4.78, 5) is 9.92. The van der Waals surface area contributed by atoms with E-state index in [0.29, 0.717) is 0 Å². The minimum absolute atomic E-state index is 0.0633. The van der Waals surface area contributed by atoms with Gasteiger partial charge in [-0.15, -0.1) is 10.2 Å². The van der Waals surface area contributed by atoms with Gasteiger partial charge in [-0.05, 0) is 30.3 Å². The fraction of sp³-hybridized carbons (Fsp3) is 0. The highest BCUT2D eigenvalue weighted by Gasteiger charge is 2.28. The summed E-state index contributed by atoms with van der Waals surface area (Å²) >= 11 is 0. The molecule has 0 fully saturated rings. The lowest BCUT2D eigenvalue weighted by Crippen LogP contribution is -2.07. The SMILES string of the molecule is Nc1ccc(Nc2c(S(=O)(=O)O)c(N=Nc3ccccc3C(=O)O)c(O)c3ccccc23)cc1S(=O)(=O)O. The first-order valence-corrected chi connectivity index (χ1v) is 13.3. The Hall–Kier alpha value is -4.57. The number of phenols is 1. The Kier molecular flexibility index (Phi) is 6.77. The van der Waals surface area contributed by atoms with Crippen LogP contribution in [-0.4, -0.2) is 42.1 Å². The molecule has 0 aliphatic heterocycles. The van der Waals surface area contributed by atoms with Crippen molar-refractivity contribution >= 4 is 65.4 Å². The molecular weight excluding hydrogens is 540 g/mol. The summed E-state index contributed by atoms with van der Waals surface area (Å²) in [5.74, 6) is -2.02. The second kappa shape index (κ2) is 9.71. The van der Waals surface area contributed by atoms with E-state index in [-0.39, 0.29) is 39.1 Å². The molecule has 0 radical (unpaired) electrons. The predicted molar refractivity (Wildman–Crippen MR) is 137 cm³/mol. The summed E-state index contributed by atoms with van der Waals surface area (Å²) in [6.07, 6.45) is 0. The Labute approximate surface area is 215 Å². The quantitative estimate of drug-likeness (QED) is 0.0801. The molecule has 0 amide bonds. The number of fused-ring (bicyclic) bond motifs is 1. The number of azo groups is 1. The number of aromatic hydroxyl groups is 1. The molecule has 196 valence electrons. The first-order chi connectivity index (χ1) is 17.8. The first kappa shape index (κ1) is 26.5. The van der Waals surface area contributed by atoms with Gasteiger partial charge in [-0.3, -0.25) is 9.11 Å². The van der Waals surface area contributed by atoms with E-state index >= 15 is 0 Å². The highest BCUT2D eigenvalue weighted by atomic mass is 32.2.